The molecule has 0 aliphatic rings. The van der Waals surface area contributed by atoms with Crippen LogP contribution >= 0.6 is 7.75 Å². The molecule has 0 rings (SSSR count). The molecule has 3 N–H and O–H groups in total. The Morgan fingerprint density at radius 2 is 1.80 bits per heavy atom. The maximum Gasteiger partial charge on any atom is 1.00 e. The van der Waals surface area contributed by atoms with Crippen molar-refractivity contribution >= 4 is 7.75 Å². The quantitative estimate of drug-likeness (QED) is 0.335. The normalized spacial score (nSPS) is 9.50. The van der Waals surface area contributed by atoms with Crippen LogP contribution in [0.5, 0.6) is 0 Å². The van der Waals surface area contributed by atoms with E-state index in [0.29, 0.717) is 0 Å². The van der Waals surface area contributed by atoms with Crippen LogP contribution < -0.4 is 79.7 Å². The molecule has 0 saturated carbocycles. The number of rotatable bonds is 3. The van der Waals surface area contributed by atoms with Crippen LogP contribution in [0.1, 0.15) is 0 Å². The standard InChI is InChI=1S/C2H9N2O3P.2Na/c3-1-2-4-8(5,6)7;;/h1-3H2,(H3,4,5,6,7);;/q;2*+1/p-2. The third-order valence-electron chi connectivity index (χ3n) is 0.450. The summed E-state index contributed by atoms with van der Waals surface area (Å²) in [7, 11) is -4.51. The summed E-state index contributed by atoms with van der Waals surface area (Å²) in [5.41, 5.74) is 4.87. The Kier molecular flexibility index (Phi) is 16.5. The first-order valence-electron chi connectivity index (χ1n) is 2.03. The summed E-state index contributed by atoms with van der Waals surface area (Å²) in [6.07, 6.45) is 0. The summed E-state index contributed by atoms with van der Waals surface area (Å²) >= 11 is 0. The van der Waals surface area contributed by atoms with Gasteiger partial charge in [-0.05, 0) is 7.75 Å². The molecule has 0 spiro atoms. The van der Waals surface area contributed by atoms with E-state index < -0.39 is 7.75 Å². The molecule has 0 bridgehead atoms. The van der Waals surface area contributed by atoms with Gasteiger partial charge in [0, 0.05) is 13.1 Å². The van der Waals surface area contributed by atoms with Crippen molar-refractivity contribution in [3.8, 4) is 0 Å². The molecule has 0 aromatic carbocycles. The monoisotopic (exact) mass is 184 g/mol. The molecule has 0 heterocycles. The maximum absolute atomic E-state index is 9.70. The molecular weight excluding hydrogens is 177 g/mol. The van der Waals surface area contributed by atoms with E-state index in [1.165, 1.54) is 0 Å². The zero-order valence-corrected chi connectivity index (χ0v) is 11.1. The van der Waals surface area contributed by atoms with Gasteiger partial charge in [0.15, 0.2) is 0 Å². The van der Waals surface area contributed by atoms with E-state index in [0.717, 1.165) is 0 Å². The summed E-state index contributed by atoms with van der Waals surface area (Å²) < 4.78 is 9.70. The molecule has 50 valence electrons. The maximum atomic E-state index is 9.70. The molecule has 8 heteroatoms. The van der Waals surface area contributed by atoms with Crippen molar-refractivity contribution in [3.63, 3.8) is 0 Å². The Labute approximate surface area is 104 Å². The molecule has 0 atom stereocenters. The Balaban J connectivity index is -0.000000245. The van der Waals surface area contributed by atoms with Crippen LogP contribution in [0.15, 0.2) is 0 Å². The largest absolute Gasteiger partial charge is 1.00 e. The fraction of sp³-hybridized carbons (Fsp3) is 1.00. The predicted molar refractivity (Wildman–Crippen MR) is 24.7 cm³/mol. The molecule has 5 nitrogen and oxygen atoms in total. The van der Waals surface area contributed by atoms with E-state index >= 15 is 0 Å². The van der Waals surface area contributed by atoms with E-state index in [4.69, 9.17) is 5.73 Å². The van der Waals surface area contributed by atoms with Crippen molar-refractivity contribution in [1.82, 2.24) is 5.09 Å². The molecule has 0 amide bonds. The van der Waals surface area contributed by atoms with E-state index in [1.807, 2.05) is 0 Å². The molecule has 0 aliphatic carbocycles. The van der Waals surface area contributed by atoms with Crippen LogP contribution in [0.3, 0.4) is 0 Å². The van der Waals surface area contributed by atoms with Crippen LogP contribution in [-0.4, -0.2) is 13.1 Å². The van der Waals surface area contributed by atoms with Gasteiger partial charge < -0.3 is 20.1 Å². The van der Waals surface area contributed by atoms with Crippen LogP contribution in [0.4, 0.5) is 0 Å². The number of nitrogens with two attached hydrogens (primary N) is 1. The minimum Gasteiger partial charge on any atom is -0.799 e. The molecule has 0 saturated heterocycles. The van der Waals surface area contributed by atoms with Crippen molar-refractivity contribution < 1.29 is 73.5 Å². The molecule has 0 aromatic heterocycles. The van der Waals surface area contributed by atoms with Crippen molar-refractivity contribution in [2.45, 2.75) is 0 Å². The van der Waals surface area contributed by atoms with Gasteiger partial charge in [-0.15, -0.1) is 0 Å². The molecule has 0 radical (unpaired) electrons. The topological polar surface area (TPSA) is 101 Å². The van der Waals surface area contributed by atoms with Crippen molar-refractivity contribution in [2.24, 2.45) is 5.73 Å². The van der Waals surface area contributed by atoms with Gasteiger partial charge in [-0.3, -0.25) is 5.09 Å². The predicted octanol–water partition coefficient (Wildman–Crippen LogP) is -8.63. The number of hydrogen-bond acceptors (Lipinski definition) is 4. The van der Waals surface area contributed by atoms with Gasteiger partial charge in [0.1, 0.15) is 0 Å². The van der Waals surface area contributed by atoms with E-state index in [2.05, 4.69) is 0 Å². The summed E-state index contributed by atoms with van der Waals surface area (Å²) in [6, 6.07) is 0. The van der Waals surface area contributed by atoms with Crippen molar-refractivity contribution in [2.75, 3.05) is 13.1 Å². The Morgan fingerprint density at radius 3 is 1.90 bits per heavy atom. The fourth-order valence-corrected chi connectivity index (χ4v) is 0.604. The van der Waals surface area contributed by atoms with Crippen molar-refractivity contribution in [1.29, 1.82) is 0 Å². The van der Waals surface area contributed by atoms with E-state index in [1.54, 1.807) is 5.09 Å². The Morgan fingerprint density at radius 1 is 1.40 bits per heavy atom. The van der Waals surface area contributed by atoms with Gasteiger partial charge in [-0.1, -0.05) is 0 Å². The molecule has 10 heavy (non-hydrogen) atoms. The second-order valence-corrected chi connectivity index (χ2v) is 2.51. The third-order valence-corrected chi connectivity index (χ3v) is 1.06. The smallest absolute Gasteiger partial charge is 0.799 e. The van der Waals surface area contributed by atoms with Gasteiger partial charge in [-0.25, -0.2) is 0 Å². The summed E-state index contributed by atoms with van der Waals surface area (Å²) in [4.78, 5) is 19.4. The SMILES string of the molecule is NCCNP(=O)([O-])[O-].[Na+].[Na+]. The Bertz CT molecular complexity index is 107. The first-order chi connectivity index (χ1) is 3.56. The minimum atomic E-state index is -4.51. The van der Waals surface area contributed by atoms with Gasteiger partial charge in [0.2, 0.25) is 0 Å². The number of hydrogen-bond donors (Lipinski definition) is 2. The van der Waals surface area contributed by atoms with Crippen molar-refractivity contribution in [3.05, 3.63) is 0 Å². The average molecular weight is 184 g/mol. The van der Waals surface area contributed by atoms with Crippen LogP contribution in [-0.2, 0) is 4.57 Å². The molecule has 0 fully saturated rings. The second-order valence-electron chi connectivity index (χ2n) is 1.19. The van der Waals surface area contributed by atoms with Crippen LogP contribution in [0.25, 0.3) is 0 Å². The Hall–Kier alpha value is 2.07. The average Bonchev–Trinajstić information content (AvgIpc) is 1.59. The molecule has 0 aliphatic heterocycles. The first kappa shape index (κ1) is 18.0. The number of nitrogens with one attached hydrogen (secondary N) is 1. The minimum absolute atomic E-state index is 0. The summed E-state index contributed by atoms with van der Waals surface area (Å²) in [5.74, 6) is 0. The van der Waals surface area contributed by atoms with Gasteiger partial charge in [0.05, 0.1) is 0 Å². The van der Waals surface area contributed by atoms with Gasteiger partial charge in [-0.2, -0.15) is 0 Å². The molecular formula is C2H7N2Na2O3P. The summed E-state index contributed by atoms with van der Waals surface area (Å²) in [5, 5.41) is 1.69. The van der Waals surface area contributed by atoms with Crippen LogP contribution in [0, 0.1) is 0 Å². The summed E-state index contributed by atoms with van der Waals surface area (Å²) in [6.45, 7) is 0.165. The van der Waals surface area contributed by atoms with Gasteiger partial charge in [0.25, 0.3) is 0 Å². The third kappa shape index (κ3) is 16.6. The second kappa shape index (κ2) is 9.16. The first-order valence-corrected chi connectivity index (χ1v) is 3.58. The zero-order valence-electron chi connectivity index (χ0n) is 6.16. The fourth-order valence-electron chi connectivity index (χ4n) is 0.201. The molecule has 0 unspecified atom stereocenters. The van der Waals surface area contributed by atoms with E-state index in [-0.39, 0.29) is 72.2 Å². The van der Waals surface area contributed by atoms with E-state index in [9.17, 15) is 14.4 Å². The molecule has 0 aromatic rings. The van der Waals surface area contributed by atoms with Gasteiger partial charge >= 0.3 is 59.1 Å². The van der Waals surface area contributed by atoms with Crippen LogP contribution in [0.2, 0.25) is 0 Å². The zero-order chi connectivity index (χ0) is 6.62.